The van der Waals surface area contributed by atoms with Crippen LogP contribution in [-0.2, 0) is 0 Å². The largest absolute Gasteiger partial charge is 0.495 e. The Hall–Kier alpha value is -1.95. The lowest BCUT2D eigenvalue weighted by Crippen LogP contribution is -2.49. The second-order valence-corrected chi connectivity index (χ2v) is 8.49. The van der Waals surface area contributed by atoms with Crippen molar-refractivity contribution in [2.75, 3.05) is 57.8 Å². The highest BCUT2D eigenvalue weighted by atomic mass is 16.5. The summed E-state index contributed by atoms with van der Waals surface area (Å²) in [6, 6.07) is 8.59. The van der Waals surface area contributed by atoms with Gasteiger partial charge in [0, 0.05) is 38.8 Å². The summed E-state index contributed by atoms with van der Waals surface area (Å²) >= 11 is 0. The predicted octanol–water partition coefficient (Wildman–Crippen LogP) is 2.79. The van der Waals surface area contributed by atoms with Crippen molar-refractivity contribution in [1.82, 2.24) is 15.1 Å². The summed E-state index contributed by atoms with van der Waals surface area (Å²) in [5.74, 6) is 1.57. The van der Waals surface area contributed by atoms with Crippen LogP contribution in [-0.4, -0.2) is 74.8 Å². The average molecular weight is 387 g/mol. The Kier molecular flexibility index (Phi) is 6.25. The summed E-state index contributed by atoms with van der Waals surface area (Å²) in [6.45, 7) is 7.38. The van der Waals surface area contributed by atoms with Gasteiger partial charge in [-0.1, -0.05) is 12.1 Å². The van der Waals surface area contributed by atoms with Gasteiger partial charge in [-0.2, -0.15) is 0 Å². The van der Waals surface area contributed by atoms with Crippen molar-refractivity contribution in [2.45, 2.75) is 38.1 Å². The number of carbonyl (C=O) groups is 1. The van der Waals surface area contributed by atoms with E-state index in [2.05, 4.69) is 27.2 Å². The maximum absolute atomic E-state index is 12.7. The highest BCUT2D eigenvalue weighted by molar-refractivity contribution is 5.75. The number of nitrogens with zero attached hydrogens (tertiary/aromatic N) is 3. The third-order valence-corrected chi connectivity index (χ3v) is 6.54. The quantitative estimate of drug-likeness (QED) is 0.845. The zero-order valence-electron chi connectivity index (χ0n) is 17.1. The van der Waals surface area contributed by atoms with Crippen LogP contribution in [0.25, 0.3) is 0 Å². The second kappa shape index (κ2) is 9.03. The molecule has 1 unspecified atom stereocenters. The lowest BCUT2D eigenvalue weighted by molar-refractivity contribution is 0.198. The van der Waals surface area contributed by atoms with Gasteiger partial charge in [0.1, 0.15) is 5.75 Å². The molecular formula is C22H34N4O2. The van der Waals surface area contributed by atoms with Crippen molar-refractivity contribution in [3.05, 3.63) is 24.3 Å². The fraction of sp³-hybridized carbons (Fsp3) is 0.682. The fourth-order valence-corrected chi connectivity index (χ4v) is 4.92. The van der Waals surface area contributed by atoms with Crippen LogP contribution in [0.4, 0.5) is 10.5 Å². The van der Waals surface area contributed by atoms with E-state index in [1.165, 1.54) is 32.5 Å². The highest BCUT2D eigenvalue weighted by Crippen LogP contribution is 2.30. The third-order valence-electron chi connectivity index (χ3n) is 6.54. The minimum Gasteiger partial charge on any atom is -0.495 e. The number of rotatable bonds is 5. The number of amides is 2. The molecule has 1 aromatic rings. The molecule has 3 fully saturated rings. The minimum absolute atomic E-state index is 0.139. The lowest BCUT2D eigenvalue weighted by Gasteiger charge is -2.35. The first-order valence-electron chi connectivity index (χ1n) is 10.9. The molecule has 3 aliphatic heterocycles. The number of benzene rings is 1. The van der Waals surface area contributed by atoms with Crippen molar-refractivity contribution >= 4 is 11.7 Å². The summed E-state index contributed by atoms with van der Waals surface area (Å²) in [5, 5.41) is 3.29. The predicted molar refractivity (Wildman–Crippen MR) is 112 cm³/mol. The Morgan fingerprint density at radius 2 is 1.82 bits per heavy atom. The molecule has 28 heavy (non-hydrogen) atoms. The van der Waals surface area contributed by atoms with Gasteiger partial charge in [-0.25, -0.2) is 4.79 Å². The molecule has 0 saturated carbocycles. The topological polar surface area (TPSA) is 48.1 Å². The second-order valence-electron chi connectivity index (χ2n) is 8.49. The number of hydrogen-bond donors (Lipinski definition) is 1. The molecule has 0 aliphatic carbocycles. The molecule has 3 aliphatic rings. The molecule has 0 spiro atoms. The molecule has 2 amide bonds. The van der Waals surface area contributed by atoms with Gasteiger partial charge >= 0.3 is 6.03 Å². The van der Waals surface area contributed by atoms with Crippen molar-refractivity contribution < 1.29 is 9.53 Å². The number of urea groups is 1. The van der Waals surface area contributed by atoms with Crippen LogP contribution < -0.4 is 15.0 Å². The molecule has 1 atom stereocenters. The first-order chi connectivity index (χ1) is 13.7. The molecule has 4 rings (SSSR count). The van der Waals surface area contributed by atoms with Gasteiger partial charge in [0.25, 0.3) is 0 Å². The van der Waals surface area contributed by atoms with E-state index in [1.54, 1.807) is 7.11 Å². The van der Waals surface area contributed by atoms with Crippen molar-refractivity contribution in [2.24, 2.45) is 5.92 Å². The summed E-state index contributed by atoms with van der Waals surface area (Å²) in [6.07, 6.45) is 5.79. The van der Waals surface area contributed by atoms with Gasteiger partial charge in [0.15, 0.2) is 0 Å². The normalized spacial score (nSPS) is 24.0. The number of anilines is 1. The van der Waals surface area contributed by atoms with Crippen LogP contribution in [0.1, 0.15) is 32.1 Å². The molecule has 3 heterocycles. The summed E-state index contributed by atoms with van der Waals surface area (Å²) in [5.41, 5.74) is 1.15. The monoisotopic (exact) mass is 386 g/mol. The van der Waals surface area contributed by atoms with Crippen LogP contribution in [0.5, 0.6) is 5.75 Å². The Morgan fingerprint density at radius 3 is 2.57 bits per heavy atom. The zero-order chi connectivity index (χ0) is 19.3. The first kappa shape index (κ1) is 19.4. The summed E-state index contributed by atoms with van der Waals surface area (Å²) in [4.78, 5) is 19.7. The highest BCUT2D eigenvalue weighted by Gasteiger charge is 2.30. The van der Waals surface area contributed by atoms with Crippen LogP contribution in [0.15, 0.2) is 24.3 Å². The molecule has 0 aromatic heterocycles. The molecule has 6 heteroatoms. The van der Waals surface area contributed by atoms with E-state index in [0.29, 0.717) is 5.92 Å². The van der Waals surface area contributed by atoms with E-state index >= 15 is 0 Å². The average Bonchev–Trinajstić information content (AvgIpc) is 3.41. The van der Waals surface area contributed by atoms with Gasteiger partial charge in [-0.05, 0) is 63.2 Å². The number of nitrogens with one attached hydrogen (secondary N) is 1. The van der Waals surface area contributed by atoms with Crippen LogP contribution in [0, 0.1) is 5.92 Å². The number of methoxy groups -OCH3 is 1. The Bertz CT molecular complexity index is 654. The van der Waals surface area contributed by atoms with Crippen LogP contribution in [0.2, 0.25) is 0 Å². The smallest absolute Gasteiger partial charge is 0.317 e. The molecule has 0 radical (unpaired) electrons. The minimum atomic E-state index is 0.139. The Morgan fingerprint density at radius 1 is 1.07 bits per heavy atom. The number of likely N-dealkylation sites (tertiary alicyclic amines) is 2. The van der Waals surface area contributed by atoms with Crippen LogP contribution in [0.3, 0.4) is 0 Å². The van der Waals surface area contributed by atoms with Crippen molar-refractivity contribution in [3.63, 3.8) is 0 Å². The number of piperidine rings is 1. The van der Waals surface area contributed by atoms with Gasteiger partial charge in [0.05, 0.1) is 12.8 Å². The summed E-state index contributed by atoms with van der Waals surface area (Å²) < 4.78 is 5.49. The molecule has 1 N–H and O–H groups in total. The Balaban J connectivity index is 1.22. The van der Waals surface area contributed by atoms with Crippen molar-refractivity contribution in [1.29, 1.82) is 0 Å². The number of hydrogen-bond acceptors (Lipinski definition) is 4. The van der Waals surface area contributed by atoms with Crippen molar-refractivity contribution in [3.8, 4) is 5.75 Å². The summed E-state index contributed by atoms with van der Waals surface area (Å²) in [7, 11) is 1.72. The zero-order valence-corrected chi connectivity index (χ0v) is 17.1. The van der Waals surface area contributed by atoms with Gasteiger partial charge in [-0.15, -0.1) is 0 Å². The third kappa shape index (κ3) is 4.54. The maximum atomic E-state index is 12.7. The lowest BCUT2D eigenvalue weighted by atomic mass is 10.0. The SMILES string of the molecule is COc1ccccc1N1CCC(NC(=O)N2CCC(CN3CCCC3)C2)CC1. The van der Waals surface area contributed by atoms with E-state index < -0.39 is 0 Å². The Labute approximate surface area is 168 Å². The number of carbonyl (C=O) groups excluding carboxylic acids is 1. The molecule has 6 nitrogen and oxygen atoms in total. The number of ether oxygens (including phenoxy) is 1. The van der Waals surface area contributed by atoms with Gasteiger partial charge in [0.2, 0.25) is 0 Å². The fourth-order valence-electron chi connectivity index (χ4n) is 4.92. The van der Waals surface area contributed by atoms with E-state index in [1.807, 2.05) is 17.0 Å². The first-order valence-corrected chi connectivity index (χ1v) is 10.9. The van der Waals surface area contributed by atoms with Gasteiger partial charge < -0.3 is 24.8 Å². The van der Waals surface area contributed by atoms with E-state index in [0.717, 1.165) is 56.9 Å². The van der Waals surface area contributed by atoms with Crippen LogP contribution >= 0.6 is 0 Å². The molecule has 0 bridgehead atoms. The van der Waals surface area contributed by atoms with E-state index in [9.17, 15) is 4.79 Å². The van der Waals surface area contributed by atoms with E-state index in [-0.39, 0.29) is 12.1 Å². The molecule has 3 saturated heterocycles. The van der Waals surface area contributed by atoms with E-state index in [4.69, 9.17) is 4.74 Å². The molecule has 154 valence electrons. The molecular weight excluding hydrogens is 352 g/mol. The maximum Gasteiger partial charge on any atom is 0.317 e. The molecule has 1 aromatic carbocycles. The number of para-hydroxylation sites is 2. The van der Waals surface area contributed by atoms with Gasteiger partial charge in [-0.3, -0.25) is 0 Å². The standard InChI is InChI=1S/C22H34N4O2/c1-28-21-7-3-2-6-20(21)25-14-9-19(10-15-25)23-22(27)26-13-8-18(17-26)16-24-11-4-5-12-24/h2-3,6-7,18-19H,4-5,8-17H2,1H3,(H,23,27).